The molecular formula is C9H16O2. The van der Waals surface area contributed by atoms with Gasteiger partial charge in [-0.3, -0.25) is 4.79 Å². The van der Waals surface area contributed by atoms with Crippen molar-refractivity contribution in [3.8, 4) is 0 Å². The van der Waals surface area contributed by atoms with E-state index in [9.17, 15) is 4.79 Å². The molecule has 1 saturated carbocycles. The molecule has 0 aromatic rings. The highest BCUT2D eigenvalue weighted by molar-refractivity contribution is 5.73. The molecule has 1 rings (SSSR count). The molecule has 2 nitrogen and oxygen atoms in total. The van der Waals surface area contributed by atoms with Crippen molar-refractivity contribution in [2.24, 2.45) is 17.8 Å². The third-order valence-electron chi connectivity index (χ3n) is 2.32. The number of methoxy groups -OCH3 is 1. The van der Waals surface area contributed by atoms with Crippen LogP contribution in [-0.4, -0.2) is 13.1 Å². The molecule has 0 heterocycles. The Morgan fingerprint density at radius 1 is 1.45 bits per heavy atom. The molecule has 0 saturated heterocycles. The molecule has 1 aliphatic carbocycles. The topological polar surface area (TPSA) is 26.3 Å². The number of rotatable bonds is 3. The van der Waals surface area contributed by atoms with Gasteiger partial charge in [0.2, 0.25) is 0 Å². The number of carbonyl (C=O) groups is 1. The highest BCUT2D eigenvalue weighted by atomic mass is 16.5. The summed E-state index contributed by atoms with van der Waals surface area (Å²) in [7, 11) is 1.47. The molecule has 0 N–H and O–H groups in total. The highest BCUT2D eigenvalue weighted by Gasteiger charge is 2.38. The van der Waals surface area contributed by atoms with Crippen molar-refractivity contribution in [2.75, 3.05) is 7.11 Å². The van der Waals surface area contributed by atoms with Crippen molar-refractivity contribution in [1.29, 1.82) is 0 Å². The lowest BCUT2D eigenvalue weighted by Gasteiger charge is -2.16. The molecule has 11 heavy (non-hydrogen) atoms. The average Bonchev–Trinajstić information content (AvgIpc) is 2.71. The van der Waals surface area contributed by atoms with Gasteiger partial charge in [-0.25, -0.2) is 0 Å². The van der Waals surface area contributed by atoms with Gasteiger partial charge in [0.1, 0.15) is 0 Å². The molecule has 0 aliphatic heterocycles. The summed E-state index contributed by atoms with van der Waals surface area (Å²) in [5.74, 6) is 1.17. The lowest BCUT2D eigenvalue weighted by atomic mass is 9.91. The van der Waals surface area contributed by atoms with Crippen molar-refractivity contribution in [3.05, 3.63) is 0 Å². The SMILES string of the molecule is COC(=O)C(C(C)C)C1CC1. The second-order valence-electron chi connectivity index (χ2n) is 3.63. The number of esters is 1. The number of hydrogen-bond acceptors (Lipinski definition) is 2. The van der Waals surface area contributed by atoms with Crippen LogP contribution in [-0.2, 0) is 9.53 Å². The van der Waals surface area contributed by atoms with Crippen LogP contribution >= 0.6 is 0 Å². The Morgan fingerprint density at radius 3 is 2.27 bits per heavy atom. The lowest BCUT2D eigenvalue weighted by Crippen LogP contribution is -2.23. The third kappa shape index (κ3) is 1.95. The Morgan fingerprint density at radius 2 is 2.00 bits per heavy atom. The predicted molar refractivity (Wildman–Crippen MR) is 43.1 cm³/mol. The lowest BCUT2D eigenvalue weighted by molar-refractivity contribution is -0.147. The summed E-state index contributed by atoms with van der Waals surface area (Å²) in [6, 6.07) is 0. The van der Waals surface area contributed by atoms with Gasteiger partial charge in [0.05, 0.1) is 13.0 Å². The van der Waals surface area contributed by atoms with E-state index in [-0.39, 0.29) is 11.9 Å². The van der Waals surface area contributed by atoms with E-state index in [1.165, 1.54) is 20.0 Å². The molecule has 0 aromatic carbocycles. The summed E-state index contributed by atoms with van der Waals surface area (Å²) in [5.41, 5.74) is 0. The summed E-state index contributed by atoms with van der Waals surface area (Å²) in [6.07, 6.45) is 2.41. The normalized spacial score (nSPS) is 20.0. The maximum atomic E-state index is 11.2. The van der Waals surface area contributed by atoms with Gasteiger partial charge in [0, 0.05) is 0 Å². The molecule has 0 amide bonds. The Labute approximate surface area is 67.9 Å². The van der Waals surface area contributed by atoms with E-state index < -0.39 is 0 Å². The first kappa shape index (κ1) is 8.57. The third-order valence-corrected chi connectivity index (χ3v) is 2.32. The van der Waals surface area contributed by atoms with E-state index in [2.05, 4.69) is 13.8 Å². The molecule has 0 spiro atoms. The van der Waals surface area contributed by atoms with E-state index in [4.69, 9.17) is 4.74 Å². The number of hydrogen-bond donors (Lipinski definition) is 0. The van der Waals surface area contributed by atoms with E-state index in [1.54, 1.807) is 0 Å². The quantitative estimate of drug-likeness (QED) is 0.583. The largest absolute Gasteiger partial charge is 0.469 e. The standard InChI is InChI=1S/C9H16O2/c1-6(2)8(7-4-5-7)9(10)11-3/h6-8H,4-5H2,1-3H3. The summed E-state index contributed by atoms with van der Waals surface area (Å²) < 4.78 is 4.74. The first-order chi connectivity index (χ1) is 5.16. The summed E-state index contributed by atoms with van der Waals surface area (Å²) in [4.78, 5) is 11.2. The molecule has 1 atom stereocenters. The second-order valence-corrected chi connectivity index (χ2v) is 3.63. The van der Waals surface area contributed by atoms with Gasteiger partial charge in [-0.2, -0.15) is 0 Å². The van der Waals surface area contributed by atoms with Gasteiger partial charge >= 0.3 is 5.97 Å². The maximum Gasteiger partial charge on any atom is 0.309 e. The minimum atomic E-state index is -0.0255. The van der Waals surface area contributed by atoms with Gasteiger partial charge in [-0.05, 0) is 24.7 Å². The van der Waals surface area contributed by atoms with E-state index in [0.29, 0.717) is 11.8 Å². The Kier molecular flexibility index (Phi) is 2.53. The van der Waals surface area contributed by atoms with Crippen LogP contribution in [0.2, 0.25) is 0 Å². The fourth-order valence-electron chi connectivity index (χ4n) is 1.60. The van der Waals surface area contributed by atoms with E-state index >= 15 is 0 Å². The summed E-state index contributed by atoms with van der Waals surface area (Å²) in [6.45, 7) is 4.17. The van der Waals surface area contributed by atoms with Crippen LogP contribution in [0.1, 0.15) is 26.7 Å². The first-order valence-corrected chi connectivity index (χ1v) is 4.24. The monoisotopic (exact) mass is 156 g/mol. The Bertz CT molecular complexity index is 146. The van der Waals surface area contributed by atoms with Gasteiger partial charge in [0.25, 0.3) is 0 Å². The van der Waals surface area contributed by atoms with Crippen molar-refractivity contribution >= 4 is 5.97 Å². The zero-order chi connectivity index (χ0) is 8.43. The number of ether oxygens (including phenoxy) is 1. The van der Waals surface area contributed by atoms with Crippen LogP contribution in [0, 0.1) is 17.8 Å². The van der Waals surface area contributed by atoms with Gasteiger partial charge in [-0.15, -0.1) is 0 Å². The molecular weight excluding hydrogens is 140 g/mol. The van der Waals surface area contributed by atoms with Crippen LogP contribution in [0.25, 0.3) is 0 Å². The summed E-state index contributed by atoms with van der Waals surface area (Å²) in [5, 5.41) is 0. The molecule has 1 fully saturated rings. The molecule has 0 aromatic heterocycles. The fraction of sp³-hybridized carbons (Fsp3) is 0.889. The van der Waals surface area contributed by atoms with Crippen molar-refractivity contribution in [3.63, 3.8) is 0 Å². The number of carbonyl (C=O) groups excluding carboxylic acids is 1. The molecule has 2 heteroatoms. The fourth-order valence-corrected chi connectivity index (χ4v) is 1.60. The van der Waals surface area contributed by atoms with Crippen LogP contribution in [0.3, 0.4) is 0 Å². The van der Waals surface area contributed by atoms with E-state index in [0.717, 1.165) is 0 Å². The van der Waals surface area contributed by atoms with Crippen LogP contribution in [0.4, 0.5) is 0 Å². The average molecular weight is 156 g/mol. The first-order valence-electron chi connectivity index (χ1n) is 4.24. The van der Waals surface area contributed by atoms with E-state index in [1.807, 2.05) is 0 Å². The molecule has 0 bridgehead atoms. The van der Waals surface area contributed by atoms with Gasteiger partial charge < -0.3 is 4.74 Å². The predicted octanol–water partition coefficient (Wildman–Crippen LogP) is 1.84. The van der Waals surface area contributed by atoms with Gasteiger partial charge in [0.15, 0.2) is 0 Å². The highest BCUT2D eigenvalue weighted by Crippen LogP contribution is 2.40. The molecule has 0 radical (unpaired) electrons. The smallest absolute Gasteiger partial charge is 0.309 e. The second kappa shape index (κ2) is 3.24. The minimum absolute atomic E-state index is 0.0255. The van der Waals surface area contributed by atoms with Crippen molar-refractivity contribution in [1.82, 2.24) is 0 Å². The molecule has 1 aliphatic rings. The Hall–Kier alpha value is -0.530. The Balaban J connectivity index is 2.51. The van der Waals surface area contributed by atoms with Crippen LogP contribution < -0.4 is 0 Å². The molecule has 64 valence electrons. The zero-order valence-corrected chi connectivity index (χ0v) is 7.46. The minimum Gasteiger partial charge on any atom is -0.469 e. The summed E-state index contributed by atoms with van der Waals surface area (Å²) >= 11 is 0. The zero-order valence-electron chi connectivity index (χ0n) is 7.46. The van der Waals surface area contributed by atoms with Crippen LogP contribution in [0.15, 0.2) is 0 Å². The van der Waals surface area contributed by atoms with Crippen molar-refractivity contribution in [2.45, 2.75) is 26.7 Å². The molecule has 1 unspecified atom stereocenters. The van der Waals surface area contributed by atoms with Gasteiger partial charge in [-0.1, -0.05) is 13.8 Å². The van der Waals surface area contributed by atoms with Crippen molar-refractivity contribution < 1.29 is 9.53 Å². The van der Waals surface area contributed by atoms with Crippen LogP contribution in [0.5, 0.6) is 0 Å². The maximum absolute atomic E-state index is 11.2.